The van der Waals surface area contributed by atoms with Crippen LogP contribution < -0.4 is 11.5 Å². The predicted octanol–water partition coefficient (Wildman–Crippen LogP) is -1.11. The van der Waals surface area contributed by atoms with Gasteiger partial charge in [0.05, 0.1) is 13.7 Å². The van der Waals surface area contributed by atoms with Crippen LogP contribution in [0.2, 0.25) is 0 Å². The average molecular weight is 224 g/mol. The molecule has 80 valence electrons. The highest BCUT2D eigenvalue weighted by molar-refractivity contribution is 5.85. The van der Waals surface area contributed by atoms with Crippen LogP contribution in [0, 0.1) is 0 Å². The lowest BCUT2D eigenvalue weighted by Crippen LogP contribution is -2.22. The lowest BCUT2D eigenvalue weighted by atomic mass is 10.7. The molecule has 0 aromatic carbocycles. The lowest BCUT2D eigenvalue weighted by Gasteiger charge is -1.94. The third kappa shape index (κ3) is 2.86. The van der Waals surface area contributed by atoms with Crippen LogP contribution in [0.15, 0.2) is 9.21 Å². The van der Waals surface area contributed by atoms with E-state index in [1.54, 1.807) is 0 Å². The summed E-state index contributed by atoms with van der Waals surface area (Å²) >= 11 is 0. The van der Waals surface area contributed by atoms with Crippen molar-refractivity contribution < 1.29 is 13.9 Å². The van der Waals surface area contributed by atoms with Gasteiger partial charge in [-0.25, -0.2) is 4.79 Å². The van der Waals surface area contributed by atoms with Gasteiger partial charge >= 0.3 is 11.7 Å². The quantitative estimate of drug-likeness (QED) is 0.652. The first-order valence-corrected chi connectivity index (χ1v) is 3.51. The highest BCUT2D eigenvalue weighted by atomic mass is 35.5. The van der Waals surface area contributed by atoms with Crippen LogP contribution in [-0.4, -0.2) is 22.9 Å². The predicted molar refractivity (Wildman–Crippen MR) is 47.9 cm³/mol. The molecule has 1 aromatic heterocycles. The summed E-state index contributed by atoms with van der Waals surface area (Å²) in [5.74, 6) is -1.20. The maximum Gasteiger partial charge on any atom is 0.437 e. The summed E-state index contributed by atoms with van der Waals surface area (Å²) < 4.78 is 9.77. The van der Waals surface area contributed by atoms with Crippen LogP contribution in [0.5, 0.6) is 0 Å². The van der Waals surface area contributed by atoms with Gasteiger partial charge in [0.1, 0.15) is 6.54 Å². The zero-order valence-electron chi connectivity index (χ0n) is 7.43. The second-order valence-corrected chi connectivity index (χ2v) is 2.20. The van der Waals surface area contributed by atoms with E-state index in [9.17, 15) is 9.59 Å². The molecule has 0 fully saturated rings. The standard InChI is InChI=1S/C6H9N3O4.ClH/c1-12-5(10)3-9-6(11)13-4(2-7)8-9;/h2-3,7H2,1H3;1H. The van der Waals surface area contributed by atoms with Crippen molar-refractivity contribution in [2.24, 2.45) is 5.73 Å². The number of methoxy groups -OCH3 is 1. The Kier molecular flexibility index (Phi) is 4.89. The number of hydrogen-bond donors (Lipinski definition) is 1. The molecule has 8 heteroatoms. The molecule has 1 aromatic rings. The lowest BCUT2D eigenvalue weighted by molar-refractivity contribution is -0.141. The number of esters is 1. The van der Waals surface area contributed by atoms with E-state index in [-0.39, 0.29) is 31.4 Å². The number of nitrogens with two attached hydrogens (primary N) is 1. The first-order valence-electron chi connectivity index (χ1n) is 3.51. The molecule has 0 aliphatic rings. The minimum Gasteiger partial charge on any atom is -0.468 e. The largest absolute Gasteiger partial charge is 0.468 e. The Morgan fingerprint density at radius 1 is 1.71 bits per heavy atom. The van der Waals surface area contributed by atoms with E-state index in [1.165, 1.54) is 7.11 Å². The maximum absolute atomic E-state index is 10.9. The summed E-state index contributed by atoms with van der Waals surface area (Å²) in [6, 6.07) is 0. The van der Waals surface area contributed by atoms with E-state index < -0.39 is 11.7 Å². The molecule has 0 aliphatic heterocycles. The third-order valence-electron chi connectivity index (χ3n) is 1.33. The van der Waals surface area contributed by atoms with Crippen molar-refractivity contribution in [3.63, 3.8) is 0 Å². The summed E-state index contributed by atoms with van der Waals surface area (Å²) in [6.07, 6.45) is 0. The van der Waals surface area contributed by atoms with Crippen LogP contribution in [0.25, 0.3) is 0 Å². The van der Waals surface area contributed by atoms with Crippen LogP contribution in [0.4, 0.5) is 0 Å². The molecule has 1 heterocycles. The van der Waals surface area contributed by atoms with Gasteiger partial charge in [-0.15, -0.1) is 17.5 Å². The van der Waals surface area contributed by atoms with Crippen molar-refractivity contribution in [3.05, 3.63) is 16.4 Å². The molecule has 0 saturated carbocycles. The van der Waals surface area contributed by atoms with Crippen molar-refractivity contribution in [1.29, 1.82) is 0 Å². The zero-order chi connectivity index (χ0) is 9.84. The van der Waals surface area contributed by atoms with Gasteiger partial charge < -0.3 is 14.9 Å². The Morgan fingerprint density at radius 2 is 2.36 bits per heavy atom. The average Bonchev–Trinajstić information content (AvgIpc) is 2.47. The summed E-state index contributed by atoms with van der Waals surface area (Å²) in [4.78, 5) is 21.7. The van der Waals surface area contributed by atoms with Crippen LogP contribution >= 0.6 is 12.4 Å². The van der Waals surface area contributed by atoms with E-state index in [2.05, 4.69) is 14.3 Å². The molecular formula is C6H10ClN3O4. The Labute approximate surface area is 85.2 Å². The first-order chi connectivity index (χ1) is 6.17. The number of rotatable bonds is 3. The number of nitrogens with zero attached hydrogens (tertiary/aromatic N) is 2. The molecule has 0 amide bonds. The Bertz CT molecular complexity index is 358. The molecule has 0 bridgehead atoms. The number of carbonyl (C=O) groups excluding carboxylic acids is 1. The summed E-state index contributed by atoms with van der Waals surface area (Å²) in [5, 5.41) is 3.63. The van der Waals surface area contributed by atoms with Gasteiger partial charge in [-0.1, -0.05) is 0 Å². The van der Waals surface area contributed by atoms with Crippen molar-refractivity contribution in [1.82, 2.24) is 9.78 Å². The van der Waals surface area contributed by atoms with Crippen molar-refractivity contribution in [2.45, 2.75) is 13.1 Å². The minimum absolute atomic E-state index is 0. The molecule has 0 spiro atoms. The topological polar surface area (TPSA) is 100 Å². The van der Waals surface area contributed by atoms with Crippen molar-refractivity contribution in [2.75, 3.05) is 7.11 Å². The summed E-state index contributed by atoms with van der Waals surface area (Å²) in [6.45, 7) is -0.248. The van der Waals surface area contributed by atoms with Crippen LogP contribution in [0.3, 0.4) is 0 Å². The van der Waals surface area contributed by atoms with Gasteiger partial charge in [0, 0.05) is 0 Å². The van der Waals surface area contributed by atoms with E-state index >= 15 is 0 Å². The first kappa shape index (κ1) is 12.7. The van der Waals surface area contributed by atoms with E-state index in [0.29, 0.717) is 0 Å². The molecule has 2 N–H and O–H groups in total. The summed E-state index contributed by atoms with van der Waals surface area (Å²) in [5.41, 5.74) is 5.17. The molecule has 0 unspecified atom stereocenters. The Morgan fingerprint density at radius 3 is 2.79 bits per heavy atom. The summed E-state index contributed by atoms with van der Waals surface area (Å²) in [7, 11) is 1.22. The number of carbonyl (C=O) groups is 1. The fraction of sp³-hybridized carbons (Fsp3) is 0.500. The van der Waals surface area contributed by atoms with Crippen LogP contribution in [-0.2, 0) is 22.6 Å². The number of aromatic nitrogens is 2. The number of halogens is 1. The highest BCUT2D eigenvalue weighted by Gasteiger charge is 2.10. The van der Waals surface area contributed by atoms with Gasteiger partial charge in [0.25, 0.3) is 0 Å². The minimum atomic E-state index is -0.717. The highest BCUT2D eigenvalue weighted by Crippen LogP contribution is 1.88. The second-order valence-electron chi connectivity index (χ2n) is 2.20. The van der Waals surface area contributed by atoms with E-state index in [1.807, 2.05) is 0 Å². The molecule has 1 rings (SSSR count). The van der Waals surface area contributed by atoms with Crippen molar-refractivity contribution >= 4 is 18.4 Å². The van der Waals surface area contributed by atoms with Crippen LogP contribution in [0.1, 0.15) is 5.89 Å². The van der Waals surface area contributed by atoms with Crippen molar-refractivity contribution in [3.8, 4) is 0 Å². The number of ether oxygens (including phenoxy) is 1. The zero-order valence-corrected chi connectivity index (χ0v) is 8.24. The smallest absolute Gasteiger partial charge is 0.437 e. The fourth-order valence-electron chi connectivity index (χ4n) is 0.719. The van der Waals surface area contributed by atoms with Gasteiger partial charge in [0.15, 0.2) is 0 Å². The maximum atomic E-state index is 10.9. The molecule has 7 nitrogen and oxygen atoms in total. The van der Waals surface area contributed by atoms with Gasteiger partial charge in [-0.3, -0.25) is 4.79 Å². The molecular weight excluding hydrogens is 214 g/mol. The van der Waals surface area contributed by atoms with Gasteiger partial charge in [-0.2, -0.15) is 4.68 Å². The Balaban J connectivity index is 0.00000169. The van der Waals surface area contributed by atoms with E-state index in [4.69, 9.17) is 5.73 Å². The van der Waals surface area contributed by atoms with Gasteiger partial charge in [-0.05, 0) is 0 Å². The number of hydrogen-bond acceptors (Lipinski definition) is 6. The molecule has 14 heavy (non-hydrogen) atoms. The monoisotopic (exact) mass is 223 g/mol. The van der Waals surface area contributed by atoms with E-state index in [0.717, 1.165) is 4.68 Å². The molecule has 0 atom stereocenters. The normalized spacial score (nSPS) is 9.29. The Hall–Kier alpha value is -1.34. The molecule has 0 saturated heterocycles. The second kappa shape index (κ2) is 5.40. The SMILES string of the molecule is COC(=O)Cn1nc(CN)oc1=O.Cl. The molecule has 0 radical (unpaired) electrons. The third-order valence-corrected chi connectivity index (χ3v) is 1.33. The van der Waals surface area contributed by atoms with Gasteiger partial charge in [0.2, 0.25) is 5.89 Å². The fourth-order valence-corrected chi connectivity index (χ4v) is 0.719. The molecule has 0 aliphatic carbocycles.